The van der Waals surface area contributed by atoms with Crippen LogP contribution in [0.1, 0.15) is 32.6 Å². The lowest BCUT2D eigenvalue weighted by Crippen LogP contribution is -2.18. The molecule has 0 bridgehead atoms. The van der Waals surface area contributed by atoms with Gasteiger partial charge in [-0.25, -0.2) is 0 Å². The Bertz CT molecular complexity index is 541. The third-order valence-electron chi connectivity index (χ3n) is 3.18. The van der Waals surface area contributed by atoms with Gasteiger partial charge in [0.1, 0.15) is 0 Å². The zero-order valence-corrected chi connectivity index (χ0v) is 11.3. The van der Waals surface area contributed by atoms with Crippen molar-refractivity contribution in [3.8, 4) is 17.5 Å². The van der Waals surface area contributed by atoms with Crippen molar-refractivity contribution in [2.75, 3.05) is 0 Å². The molecule has 0 aliphatic rings. The fourth-order valence-corrected chi connectivity index (χ4v) is 2.34. The van der Waals surface area contributed by atoms with E-state index in [1.165, 1.54) is 0 Å². The van der Waals surface area contributed by atoms with E-state index in [0.29, 0.717) is 24.6 Å². The highest BCUT2D eigenvalue weighted by Gasteiger charge is 2.25. The monoisotopic (exact) mass is 261 g/mol. The SMILES string of the molecule is CCC(C)(CC#N)Cc1nc(-c2ccsc2)no1. The lowest BCUT2D eigenvalue weighted by molar-refractivity contribution is 0.266. The van der Waals surface area contributed by atoms with E-state index in [9.17, 15) is 0 Å². The predicted molar refractivity (Wildman–Crippen MR) is 69.9 cm³/mol. The third kappa shape index (κ3) is 2.77. The van der Waals surface area contributed by atoms with Crippen LogP contribution >= 0.6 is 11.3 Å². The molecule has 2 aromatic rings. The van der Waals surface area contributed by atoms with E-state index in [4.69, 9.17) is 9.78 Å². The summed E-state index contributed by atoms with van der Waals surface area (Å²) in [6, 6.07) is 4.19. The second-order valence-corrected chi connectivity index (χ2v) is 5.48. The number of hydrogen-bond donors (Lipinski definition) is 0. The summed E-state index contributed by atoms with van der Waals surface area (Å²) in [5.74, 6) is 1.23. The molecule has 0 N–H and O–H groups in total. The van der Waals surface area contributed by atoms with Gasteiger partial charge in [-0.2, -0.15) is 21.6 Å². The molecular weight excluding hydrogens is 246 g/mol. The Hall–Kier alpha value is -1.67. The number of hydrogen-bond acceptors (Lipinski definition) is 5. The maximum Gasteiger partial charge on any atom is 0.227 e. The Labute approximate surface area is 110 Å². The van der Waals surface area contributed by atoms with E-state index in [1.54, 1.807) is 11.3 Å². The van der Waals surface area contributed by atoms with E-state index < -0.39 is 0 Å². The van der Waals surface area contributed by atoms with Gasteiger partial charge >= 0.3 is 0 Å². The molecule has 0 aromatic carbocycles. The zero-order chi connectivity index (χ0) is 13.0. The van der Waals surface area contributed by atoms with Gasteiger partial charge < -0.3 is 4.52 Å². The van der Waals surface area contributed by atoms with Crippen LogP contribution in [0.3, 0.4) is 0 Å². The largest absolute Gasteiger partial charge is 0.339 e. The van der Waals surface area contributed by atoms with Crippen molar-refractivity contribution in [2.24, 2.45) is 5.41 Å². The number of nitriles is 1. The number of thiophene rings is 1. The highest BCUT2D eigenvalue weighted by molar-refractivity contribution is 7.08. The van der Waals surface area contributed by atoms with Gasteiger partial charge in [0.2, 0.25) is 11.7 Å². The average Bonchev–Trinajstić information content (AvgIpc) is 2.99. The molecule has 2 rings (SSSR count). The standard InChI is InChI=1S/C13H15N3OS/c1-3-13(2,5-6-14)8-11-15-12(16-17-11)10-4-7-18-9-10/h4,7,9H,3,5,8H2,1-2H3. The maximum absolute atomic E-state index is 8.85. The molecule has 2 aromatic heterocycles. The van der Waals surface area contributed by atoms with Crippen LogP contribution in [0.15, 0.2) is 21.3 Å². The van der Waals surface area contributed by atoms with Crippen molar-refractivity contribution in [3.05, 3.63) is 22.7 Å². The Morgan fingerprint density at radius 2 is 2.39 bits per heavy atom. The van der Waals surface area contributed by atoms with E-state index in [0.717, 1.165) is 12.0 Å². The Balaban J connectivity index is 2.14. The van der Waals surface area contributed by atoms with Crippen molar-refractivity contribution < 1.29 is 4.52 Å². The maximum atomic E-state index is 8.85. The van der Waals surface area contributed by atoms with Gasteiger partial charge in [0, 0.05) is 23.8 Å². The third-order valence-corrected chi connectivity index (χ3v) is 3.87. The Morgan fingerprint density at radius 1 is 1.56 bits per heavy atom. The molecule has 5 heteroatoms. The van der Waals surface area contributed by atoms with E-state index in [-0.39, 0.29) is 5.41 Å². The van der Waals surface area contributed by atoms with Crippen LogP contribution < -0.4 is 0 Å². The van der Waals surface area contributed by atoms with Crippen LogP contribution in [0, 0.1) is 16.7 Å². The molecule has 0 fully saturated rings. The van der Waals surface area contributed by atoms with Crippen LogP contribution in [0.25, 0.3) is 11.4 Å². The van der Waals surface area contributed by atoms with E-state index in [2.05, 4.69) is 30.1 Å². The average molecular weight is 261 g/mol. The number of rotatable bonds is 5. The van der Waals surface area contributed by atoms with Crippen molar-refractivity contribution >= 4 is 11.3 Å². The van der Waals surface area contributed by atoms with Gasteiger partial charge in [0.25, 0.3) is 0 Å². The lowest BCUT2D eigenvalue weighted by atomic mass is 9.81. The second-order valence-electron chi connectivity index (χ2n) is 4.70. The van der Waals surface area contributed by atoms with Crippen molar-refractivity contribution in [1.82, 2.24) is 10.1 Å². The normalized spacial score (nSPS) is 14.1. The summed E-state index contributed by atoms with van der Waals surface area (Å²) in [7, 11) is 0. The molecule has 94 valence electrons. The topological polar surface area (TPSA) is 62.7 Å². The van der Waals surface area contributed by atoms with Crippen LogP contribution in [-0.4, -0.2) is 10.1 Å². The molecule has 1 unspecified atom stereocenters. The molecule has 0 saturated carbocycles. The predicted octanol–water partition coefficient (Wildman–Crippen LogP) is 3.67. The summed E-state index contributed by atoms with van der Waals surface area (Å²) in [4.78, 5) is 4.39. The van der Waals surface area contributed by atoms with Crippen molar-refractivity contribution in [3.63, 3.8) is 0 Å². The minimum absolute atomic E-state index is 0.0901. The van der Waals surface area contributed by atoms with Gasteiger partial charge in [0.15, 0.2) is 0 Å². The van der Waals surface area contributed by atoms with E-state index in [1.807, 2.05) is 16.8 Å². The number of nitrogens with zero attached hydrogens (tertiary/aromatic N) is 3. The first-order valence-electron chi connectivity index (χ1n) is 5.89. The summed E-state index contributed by atoms with van der Waals surface area (Å²) < 4.78 is 5.27. The van der Waals surface area contributed by atoms with Crippen LogP contribution in [0.2, 0.25) is 0 Å². The molecule has 2 heterocycles. The minimum Gasteiger partial charge on any atom is -0.339 e. The molecule has 1 atom stereocenters. The molecule has 0 aliphatic carbocycles. The fraction of sp³-hybridized carbons (Fsp3) is 0.462. The Morgan fingerprint density at radius 3 is 3.00 bits per heavy atom. The summed E-state index contributed by atoms with van der Waals surface area (Å²) in [6.45, 7) is 4.15. The van der Waals surface area contributed by atoms with Gasteiger partial charge in [0.05, 0.1) is 6.07 Å². The van der Waals surface area contributed by atoms with Crippen molar-refractivity contribution in [1.29, 1.82) is 5.26 Å². The molecular formula is C13H15N3OS. The molecule has 0 radical (unpaired) electrons. The van der Waals surface area contributed by atoms with Gasteiger partial charge in [-0.05, 0) is 23.3 Å². The highest BCUT2D eigenvalue weighted by Crippen LogP contribution is 2.30. The smallest absolute Gasteiger partial charge is 0.227 e. The highest BCUT2D eigenvalue weighted by atomic mass is 32.1. The zero-order valence-electron chi connectivity index (χ0n) is 10.5. The molecule has 0 amide bonds. The quantitative estimate of drug-likeness (QED) is 0.823. The minimum atomic E-state index is -0.0901. The van der Waals surface area contributed by atoms with Crippen LogP contribution in [0.4, 0.5) is 0 Å². The van der Waals surface area contributed by atoms with Crippen LogP contribution in [-0.2, 0) is 6.42 Å². The first kappa shape index (κ1) is 12.8. The van der Waals surface area contributed by atoms with Gasteiger partial charge in [-0.1, -0.05) is 19.0 Å². The second kappa shape index (κ2) is 5.32. The lowest BCUT2D eigenvalue weighted by Gasteiger charge is -2.22. The van der Waals surface area contributed by atoms with Crippen LogP contribution in [0.5, 0.6) is 0 Å². The fourth-order valence-electron chi connectivity index (χ4n) is 1.70. The molecule has 0 aliphatic heterocycles. The summed E-state index contributed by atoms with van der Waals surface area (Å²) in [5.41, 5.74) is 0.890. The summed E-state index contributed by atoms with van der Waals surface area (Å²) in [5, 5.41) is 16.8. The molecule has 4 nitrogen and oxygen atoms in total. The first-order valence-corrected chi connectivity index (χ1v) is 6.83. The summed E-state index contributed by atoms with van der Waals surface area (Å²) >= 11 is 1.60. The first-order chi connectivity index (χ1) is 8.67. The summed E-state index contributed by atoms with van der Waals surface area (Å²) in [6.07, 6.45) is 2.06. The molecule has 18 heavy (non-hydrogen) atoms. The molecule has 0 saturated heterocycles. The van der Waals surface area contributed by atoms with Crippen molar-refractivity contribution in [2.45, 2.75) is 33.1 Å². The molecule has 0 spiro atoms. The number of aromatic nitrogens is 2. The van der Waals surface area contributed by atoms with Gasteiger partial charge in [-0.3, -0.25) is 0 Å². The van der Waals surface area contributed by atoms with E-state index >= 15 is 0 Å². The van der Waals surface area contributed by atoms with Gasteiger partial charge in [-0.15, -0.1) is 0 Å². The Kier molecular flexibility index (Phi) is 3.78.